The molecular formula is C20H16ClN3O2. The summed E-state index contributed by atoms with van der Waals surface area (Å²) in [6.45, 7) is 0. The molecule has 0 aliphatic rings. The van der Waals surface area contributed by atoms with Crippen molar-refractivity contribution in [3.63, 3.8) is 0 Å². The highest BCUT2D eigenvalue weighted by Gasteiger charge is 2.29. The average molecular weight is 366 g/mol. The molecule has 0 spiro atoms. The fourth-order valence-corrected chi connectivity index (χ4v) is 3.08. The number of aliphatic hydroxyl groups excluding tert-OH is 1. The lowest BCUT2D eigenvalue weighted by atomic mass is 10.1. The number of nitrogens with zero attached hydrogens (tertiary/aromatic N) is 3. The molecule has 1 heterocycles. The van der Waals surface area contributed by atoms with Gasteiger partial charge in [0, 0.05) is 10.6 Å². The van der Waals surface area contributed by atoms with Crippen LogP contribution in [0.5, 0.6) is 5.75 Å². The van der Waals surface area contributed by atoms with Crippen molar-refractivity contribution in [3.05, 3.63) is 89.4 Å². The standard InChI is InChI=1S/C20H16ClN3O2/c21-16-11-5-4-10-15(16)19(25)20(26-14-8-2-1-3-9-14)24-18-13-7-6-12-17(18)22-23-24/h1-13,19-20,25H. The Balaban J connectivity index is 1.80. The Kier molecular flexibility index (Phi) is 4.56. The number of ether oxygens (including phenoxy) is 1. The van der Waals surface area contributed by atoms with Gasteiger partial charge in [0.25, 0.3) is 0 Å². The molecule has 0 saturated heterocycles. The van der Waals surface area contributed by atoms with Crippen molar-refractivity contribution in [1.82, 2.24) is 15.0 Å². The fraction of sp³-hybridized carbons (Fsp3) is 0.100. The smallest absolute Gasteiger partial charge is 0.223 e. The van der Waals surface area contributed by atoms with E-state index in [1.807, 2.05) is 66.7 Å². The second-order valence-corrected chi connectivity index (χ2v) is 6.22. The van der Waals surface area contributed by atoms with Crippen molar-refractivity contribution in [3.8, 4) is 5.75 Å². The van der Waals surface area contributed by atoms with Gasteiger partial charge in [-0.15, -0.1) is 5.10 Å². The number of hydrogen-bond acceptors (Lipinski definition) is 4. The SMILES string of the molecule is OC(c1ccccc1Cl)C(Oc1ccccc1)n1nnc2ccccc21. The molecule has 0 saturated carbocycles. The molecule has 1 aromatic heterocycles. The number of aromatic nitrogens is 3. The van der Waals surface area contributed by atoms with Gasteiger partial charge in [-0.3, -0.25) is 0 Å². The third kappa shape index (κ3) is 3.14. The van der Waals surface area contributed by atoms with Crippen molar-refractivity contribution in [2.75, 3.05) is 0 Å². The highest BCUT2D eigenvalue weighted by Crippen LogP contribution is 2.34. The number of hydrogen-bond donors (Lipinski definition) is 1. The van der Waals surface area contributed by atoms with E-state index in [4.69, 9.17) is 16.3 Å². The normalized spacial score (nSPS) is 13.5. The van der Waals surface area contributed by atoms with Gasteiger partial charge in [-0.25, -0.2) is 4.68 Å². The third-order valence-electron chi connectivity index (χ3n) is 4.11. The molecule has 2 unspecified atom stereocenters. The van der Waals surface area contributed by atoms with Crippen LogP contribution in [-0.4, -0.2) is 20.1 Å². The molecule has 3 aromatic carbocycles. The zero-order valence-corrected chi connectivity index (χ0v) is 14.5. The van der Waals surface area contributed by atoms with Crippen molar-refractivity contribution >= 4 is 22.6 Å². The Morgan fingerprint density at radius 1 is 0.885 bits per heavy atom. The first-order valence-corrected chi connectivity index (χ1v) is 8.56. The minimum Gasteiger partial charge on any atom is -0.465 e. The topological polar surface area (TPSA) is 60.2 Å². The van der Waals surface area contributed by atoms with Gasteiger partial charge >= 0.3 is 0 Å². The summed E-state index contributed by atoms with van der Waals surface area (Å²) >= 11 is 6.28. The molecule has 4 rings (SSSR count). The summed E-state index contributed by atoms with van der Waals surface area (Å²) in [5.74, 6) is 0.614. The van der Waals surface area contributed by atoms with Crippen LogP contribution in [0.3, 0.4) is 0 Å². The van der Waals surface area contributed by atoms with Gasteiger partial charge in [0.05, 0.1) is 5.52 Å². The molecule has 0 fully saturated rings. The number of para-hydroxylation sites is 2. The highest BCUT2D eigenvalue weighted by molar-refractivity contribution is 6.31. The summed E-state index contributed by atoms with van der Waals surface area (Å²) in [5, 5.41) is 19.9. The van der Waals surface area contributed by atoms with Gasteiger partial charge in [0.1, 0.15) is 17.4 Å². The second-order valence-electron chi connectivity index (χ2n) is 5.81. The molecule has 130 valence electrons. The predicted molar refractivity (Wildman–Crippen MR) is 100 cm³/mol. The first-order chi connectivity index (χ1) is 12.7. The molecule has 0 aliphatic carbocycles. The molecule has 1 N–H and O–H groups in total. The predicted octanol–water partition coefficient (Wildman–Crippen LogP) is 4.40. The van der Waals surface area contributed by atoms with Crippen LogP contribution in [0.4, 0.5) is 0 Å². The van der Waals surface area contributed by atoms with E-state index in [2.05, 4.69) is 10.3 Å². The summed E-state index contributed by atoms with van der Waals surface area (Å²) in [6.07, 6.45) is -1.86. The van der Waals surface area contributed by atoms with Crippen LogP contribution in [0.25, 0.3) is 11.0 Å². The van der Waals surface area contributed by atoms with Gasteiger partial charge in [0.15, 0.2) is 0 Å². The molecule has 26 heavy (non-hydrogen) atoms. The molecule has 0 radical (unpaired) electrons. The van der Waals surface area contributed by atoms with Crippen molar-refractivity contribution in [2.45, 2.75) is 12.3 Å². The summed E-state index contributed by atoms with van der Waals surface area (Å²) in [6, 6.07) is 24.0. The van der Waals surface area contributed by atoms with Crippen LogP contribution in [0, 0.1) is 0 Å². The number of halogens is 1. The van der Waals surface area contributed by atoms with Crippen LogP contribution < -0.4 is 4.74 Å². The zero-order chi connectivity index (χ0) is 17.9. The Hall–Kier alpha value is -2.89. The van der Waals surface area contributed by atoms with Crippen molar-refractivity contribution in [2.24, 2.45) is 0 Å². The van der Waals surface area contributed by atoms with Crippen LogP contribution in [0.15, 0.2) is 78.9 Å². The summed E-state index contributed by atoms with van der Waals surface area (Å²) in [4.78, 5) is 0. The van der Waals surface area contributed by atoms with Gasteiger partial charge in [-0.2, -0.15) is 0 Å². The van der Waals surface area contributed by atoms with Crippen molar-refractivity contribution < 1.29 is 9.84 Å². The van der Waals surface area contributed by atoms with E-state index in [-0.39, 0.29) is 0 Å². The largest absolute Gasteiger partial charge is 0.465 e. The average Bonchev–Trinajstić information content (AvgIpc) is 3.11. The number of aliphatic hydroxyl groups is 1. The van der Waals surface area contributed by atoms with Crippen LogP contribution in [-0.2, 0) is 0 Å². The molecule has 0 bridgehead atoms. The molecular weight excluding hydrogens is 350 g/mol. The maximum Gasteiger partial charge on any atom is 0.223 e. The number of rotatable bonds is 5. The highest BCUT2D eigenvalue weighted by atomic mass is 35.5. The Morgan fingerprint density at radius 3 is 2.38 bits per heavy atom. The Labute approximate surface area is 155 Å². The van der Waals surface area contributed by atoms with Crippen molar-refractivity contribution in [1.29, 1.82) is 0 Å². The van der Waals surface area contributed by atoms with E-state index >= 15 is 0 Å². The number of benzene rings is 3. The summed E-state index contributed by atoms with van der Waals surface area (Å²) in [5.41, 5.74) is 2.05. The molecule has 2 atom stereocenters. The number of fused-ring (bicyclic) bond motifs is 1. The molecule has 4 aromatic rings. The third-order valence-corrected chi connectivity index (χ3v) is 4.46. The van der Waals surface area contributed by atoms with Crippen LogP contribution in [0.1, 0.15) is 17.9 Å². The second kappa shape index (κ2) is 7.15. The minimum atomic E-state index is -1.03. The van der Waals surface area contributed by atoms with E-state index in [0.29, 0.717) is 16.3 Å². The van der Waals surface area contributed by atoms with Gasteiger partial charge in [-0.05, 0) is 30.3 Å². The minimum absolute atomic E-state index is 0.464. The zero-order valence-electron chi connectivity index (χ0n) is 13.7. The van der Waals surface area contributed by atoms with Crippen LogP contribution in [0.2, 0.25) is 5.02 Å². The first-order valence-electron chi connectivity index (χ1n) is 8.18. The summed E-state index contributed by atoms with van der Waals surface area (Å²) < 4.78 is 7.67. The van der Waals surface area contributed by atoms with E-state index in [1.54, 1.807) is 16.8 Å². The van der Waals surface area contributed by atoms with Crippen LogP contribution >= 0.6 is 11.6 Å². The maximum absolute atomic E-state index is 11.1. The molecule has 6 heteroatoms. The van der Waals surface area contributed by atoms with Gasteiger partial charge < -0.3 is 9.84 Å². The monoisotopic (exact) mass is 365 g/mol. The van der Waals surface area contributed by atoms with Gasteiger partial charge in [-0.1, -0.05) is 65.3 Å². The Bertz CT molecular complexity index is 1020. The molecule has 5 nitrogen and oxygen atoms in total. The first kappa shape index (κ1) is 16.6. The Morgan fingerprint density at radius 2 is 1.58 bits per heavy atom. The van der Waals surface area contributed by atoms with E-state index in [9.17, 15) is 5.11 Å². The lowest BCUT2D eigenvalue weighted by molar-refractivity contribution is -0.0172. The van der Waals surface area contributed by atoms with E-state index < -0.39 is 12.3 Å². The van der Waals surface area contributed by atoms with Gasteiger partial charge in [0.2, 0.25) is 6.23 Å². The lowest BCUT2D eigenvalue weighted by Crippen LogP contribution is -2.25. The quantitative estimate of drug-likeness (QED) is 0.569. The van der Waals surface area contributed by atoms with E-state index in [1.165, 1.54) is 0 Å². The molecule has 0 amide bonds. The summed E-state index contributed by atoms with van der Waals surface area (Å²) in [7, 11) is 0. The maximum atomic E-state index is 11.1. The molecule has 0 aliphatic heterocycles. The fourth-order valence-electron chi connectivity index (χ4n) is 2.83. The van der Waals surface area contributed by atoms with E-state index in [0.717, 1.165) is 11.0 Å². The lowest BCUT2D eigenvalue weighted by Gasteiger charge is -2.25.